The van der Waals surface area contributed by atoms with Crippen LogP contribution in [0.15, 0.2) is 83.8 Å². The molecule has 138 valence electrons. The van der Waals surface area contributed by atoms with Crippen LogP contribution >= 0.6 is 0 Å². The van der Waals surface area contributed by atoms with Crippen molar-refractivity contribution in [2.45, 2.75) is 13.0 Å². The van der Waals surface area contributed by atoms with Gasteiger partial charge in [-0.25, -0.2) is 4.98 Å². The van der Waals surface area contributed by atoms with Crippen LogP contribution in [0, 0.1) is 0 Å². The van der Waals surface area contributed by atoms with E-state index in [0.29, 0.717) is 18.5 Å². The van der Waals surface area contributed by atoms with Crippen molar-refractivity contribution in [3.63, 3.8) is 0 Å². The second-order valence-electron chi connectivity index (χ2n) is 6.56. The Morgan fingerprint density at radius 2 is 1.57 bits per heavy atom. The summed E-state index contributed by atoms with van der Waals surface area (Å²) in [5.74, 6) is -0.415. The van der Waals surface area contributed by atoms with Crippen LogP contribution in [0.5, 0.6) is 0 Å². The SMILES string of the molecule is O=C(NCc1ccccc1)c1c[nH]c2ccc(Cc3ccccc3)nc2c1=O. The minimum Gasteiger partial charge on any atom is -0.359 e. The normalized spacial score (nSPS) is 10.7. The van der Waals surface area contributed by atoms with E-state index >= 15 is 0 Å². The number of H-pyrrole nitrogens is 1. The molecule has 0 unspecified atom stereocenters. The van der Waals surface area contributed by atoms with E-state index in [-0.39, 0.29) is 16.5 Å². The fourth-order valence-corrected chi connectivity index (χ4v) is 3.08. The lowest BCUT2D eigenvalue weighted by Gasteiger charge is -2.07. The van der Waals surface area contributed by atoms with Gasteiger partial charge in [0.2, 0.25) is 5.43 Å². The lowest BCUT2D eigenvalue weighted by Crippen LogP contribution is -2.28. The monoisotopic (exact) mass is 369 g/mol. The highest BCUT2D eigenvalue weighted by Gasteiger charge is 2.14. The number of aromatic nitrogens is 2. The summed E-state index contributed by atoms with van der Waals surface area (Å²) in [6.45, 7) is 0.360. The van der Waals surface area contributed by atoms with Gasteiger partial charge in [0.25, 0.3) is 5.91 Å². The lowest BCUT2D eigenvalue weighted by atomic mass is 10.1. The molecule has 0 radical (unpaired) electrons. The van der Waals surface area contributed by atoms with Crippen molar-refractivity contribution in [2.24, 2.45) is 0 Å². The number of rotatable bonds is 5. The van der Waals surface area contributed by atoms with Crippen molar-refractivity contribution in [3.8, 4) is 0 Å². The summed E-state index contributed by atoms with van der Waals surface area (Å²) in [5.41, 5.74) is 3.45. The van der Waals surface area contributed by atoms with Crippen molar-refractivity contribution >= 4 is 16.9 Å². The number of aromatic amines is 1. The van der Waals surface area contributed by atoms with Gasteiger partial charge in [-0.05, 0) is 23.3 Å². The van der Waals surface area contributed by atoms with Gasteiger partial charge in [-0.15, -0.1) is 0 Å². The predicted molar refractivity (Wildman–Crippen MR) is 109 cm³/mol. The first kappa shape index (κ1) is 17.7. The molecule has 2 N–H and O–H groups in total. The molecule has 0 bridgehead atoms. The molecule has 0 spiro atoms. The minimum absolute atomic E-state index is 0.0628. The number of hydrogen-bond donors (Lipinski definition) is 2. The second kappa shape index (κ2) is 7.88. The highest BCUT2D eigenvalue weighted by molar-refractivity contribution is 5.96. The molecule has 5 nitrogen and oxygen atoms in total. The first-order chi connectivity index (χ1) is 13.7. The van der Waals surface area contributed by atoms with Gasteiger partial charge in [0.15, 0.2) is 0 Å². The number of hydrogen-bond acceptors (Lipinski definition) is 3. The van der Waals surface area contributed by atoms with E-state index in [1.807, 2.05) is 72.8 Å². The van der Waals surface area contributed by atoms with Crippen molar-refractivity contribution in [1.29, 1.82) is 0 Å². The lowest BCUT2D eigenvalue weighted by molar-refractivity contribution is 0.0949. The Kier molecular flexibility index (Phi) is 4.97. The summed E-state index contributed by atoms with van der Waals surface area (Å²) in [6, 6.07) is 23.2. The Morgan fingerprint density at radius 3 is 2.29 bits per heavy atom. The summed E-state index contributed by atoms with van der Waals surface area (Å²) in [5, 5.41) is 2.79. The number of nitrogens with zero attached hydrogens (tertiary/aromatic N) is 1. The maximum absolute atomic E-state index is 12.8. The summed E-state index contributed by atoms with van der Waals surface area (Å²) in [7, 11) is 0. The molecule has 4 aromatic rings. The molecule has 2 aromatic carbocycles. The maximum Gasteiger partial charge on any atom is 0.257 e. The topological polar surface area (TPSA) is 74.8 Å². The van der Waals surface area contributed by atoms with Gasteiger partial charge in [-0.1, -0.05) is 60.7 Å². The van der Waals surface area contributed by atoms with E-state index in [1.165, 1.54) is 6.20 Å². The molecule has 2 aromatic heterocycles. The largest absolute Gasteiger partial charge is 0.359 e. The third kappa shape index (κ3) is 3.83. The van der Waals surface area contributed by atoms with Crippen LogP contribution in [0.25, 0.3) is 11.0 Å². The van der Waals surface area contributed by atoms with Crippen LogP contribution in [0.3, 0.4) is 0 Å². The molecule has 0 aliphatic heterocycles. The van der Waals surface area contributed by atoms with Gasteiger partial charge >= 0.3 is 0 Å². The molecule has 0 atom stereocenters. The van der Waals surface area contributed by atoms with Crippen molar-refractivity contribution in [2.75, 3.05) is 0 Å². The fraction of sp³-hybridized carbons (Fsp3) is 0.0870. The van der Waals surface area contributed by atoms with Crippen LogP contribution < -0.4 is 10.7 Å². The zero-order chi connectivity index (χ0) is 19.3. The van der Waals surface area contributed by atoms with Crippen molar-refractivity contribution < 1.29 is 4.79 Å². The first-order valence-corrected chi connectivity index (χ1v) is 9.08. The molecule has 0 aliphatic carbocycles. The van der Waals surface area contributed by atoms with Gasteiger partial charge in [-0.2, -0.15) is 0 Å². The summed E-state index contributed by atoms with van der Waals surface area (Å²) < 4.78 is 0. The molecule has 2 heterocycles. The van der Waals surface area contributed by atoms with E-state index in [4.69, 9.17) is 0 Å². The molecule has 0 saturated carbocycles. The molecule has 0 fully saturated rings. The summed E-state index contributed by atoms with van der Waals surface area (Å²) in [6.07, 6.45) is 2.07. The number of fused-ring (bicyclic) bond motifs is 1. The average Bonchev–Trinajstić information content (AvgIpc) is 2.74. The number of carbonyl (C=O) groups excluding carboxylic acids is 1. The van der Waals surface area contributed by atoms with Gasteiger partial charge in [0, 0.05) is 24.9 Å². The van der Waals surface area contributed by atoms with Crippen molar-refractivity contribution in [3.05, 3.63) is 112 Å². The Balaban J connectivity index is 1.60. The molecule has 4 rings (SSSR count). The first-order valence-electron chi connectivity index (χ1n) is 9.08. The highest BCUT2D eigenvalue weighted by atomic mass is 16.2. The third-order valence-electron chi connectivity index (χ3n) is 4.55. The zero-order valence-electron chi connectivity index (χ0n) is 15.2. The minimum atomic E-state index is -0.415. The second-order valence-corrected chi connectivity index (χ2v) is 6.56. The number of pyridine rings is 2. The Hall–Kier alpha value is -3.73. The molecule has 0 aliphatic rings. The van der Waals surface area contributed by atoms with Crippen LogP contribution in [0.1, 0.15) is 27.2 Å². The number of nitrogens with one attached hydrogen (secondary N) is 2. The smallest absolute Gasteiger partial charge is 0.257 e. The van der Waals surface area contributed by atoms with Gasteiger partial charge in [0.1, 0.15) is 11.1 Å². The molecular formula is C23H19N3O2. The van der Waals surface area contributed by atoms with E-state index in [9.17, 15) is 9.59 Å². The van der Waals surface area contributed by atoms with E-state index in [1.54, 1.807) is 0 Å². The number of amides is 1. The van der Waals surface area contributed by atoms with Gasteiger partial charge in [0.05, 0.1) is 5.52 Å². The summed E-state index contributed by atoms with van der Waals surface area (Å²) >= 11 is 0. The predicted octanol–water partition coefficient (Wildman–Crippen LogP) is 3.44. The molecular weight excluding hydrogens is 350 g/mol. The van der Waals surface area contributed by atoms with Crippen LogP contribution in [0.2, 0.25) is 0 Å². The molecule has 0 saturated heterocycles. The Bertz CT molecular complexity index is 1170. The maximum atomic E-state index is 12.8. The van der Waals surface area contributed by atoms with Crippen molar-refractivity contribution in [1.82, 2.24) is 15.3 Å². The van der Waals surface area contributed by atoms with E-state index < -0.39 is 5.91 Å². The quantitative estimate of drug-likeness (QED) is 0.566. The third-order valence-corrected chi connectivity index (χ3v) is 4.55. The van der Waals surface area contributed by atoms with Crippen LogP contribution in [-0.4, -0.2) is 15.9 Å². The standard InChI is InChI=1S/C23H19N3O2/c27-22-19(23(28)25-14-17-9-5-2-6-10-17)15-24-20-12-11-18(26-21(20)22)13-16-7-3-1-4-8-16/h1-12,15H,13-14H2,(H,24,27)(H,25,28). The van der Waals surface area contributed by atoms with Crippen LogP contribution in [-0.2, 0) is 13.0 Å². The van der Waals surface area contributed by atoms with Crippen LogP contribution in [0.4, 0.5) is 0 Å². The van der Waals surface area contributed by atoms with E-state index in [0.717, 1.165) is 16.8 Å². The van der Waals surface area contributed by atoms with Gasteiger partial charge < -0.3 is 10.3 Å². The average molecular weight is 369 g/mol. The molecule has 1 amide bonds. The number of carbonyl (C=O) groups is 1. The molecule has 5 heteroatoms. The number of benzene rings is 2. The fourth-order valence-electron chi connectivity index (χ4n) is 3.08. The van der Waals surface area contributed by atoms with E-state index in [2.05, 4.69) is 15.3 Å². The van der Waals surface area contributed by atoms with Gasteiger partial charge in [-0.3, -0.25) is 9.59 Å². The highest BCUT2D eigenvalue weighted by Crippen LogP contribution is 2.11. The molecule has 28 heavy (non-hydrogen) atoms. The zero-order valence-corrected chi connectivity index (χ0v) is 15.2. The summed E-state index contributed by atoms with van der Waals surface area (Å²) in [4.78, 5) is 32.9. The Labute approximate surface area is 162 Å². The Morgan fingerprint density at radius 1 is 0.893 bits per heavy atom.